The van der Waals surface area contributed by atoms with Crippen LogP contribution in [-0.2, 0) is 9.53 Å². The fraction of sp³-hybridized carbons (Fsp3) is 0.909. The Balaban J connectivity index is 2.39. The van der Waals surface area contributed by atoms with Gasteiger partial charge in [-0.15, -0.1) is 0 Å². The maximum atomic E-state index is 11.9. The third kappa shape index (κ3) is 4.18. The van der Waals surface area contributed by atoms with E-state index in [1.165, 1.54) is 0 Å². The van der Waals surface area contributed by atoms with Gasteiger partial charge in [-0.1, -0.05) is 6.92 Å². The van der Waals surface area contributed by atoms with Gasteiger partial charge in [0.2, 0.25) is 5.91 Å². The van der Waals surface area contributed by atoms with Gasteiger partial charge in [-0.05, 0) is 19.4 Å². The van der Waals surface area contributed by atoms with Gasteiger partial charge < -0.3 is 15.0 Å². The summed E-state index contributed by atoms with van der Waals surface area (Å²) >= 11 is 0. The zero-order valence-electron chi connectivity index (χ0n) is 9.79. The molecule has 0 bridgehead atoms. The summed E-state index contributed by atoms with van der Waals surface area (Å²) in [6, 6.07) is 0. The van der Waals surface area contributed by atoms with Crippen LogP contribution in [0.25, 0.3) is 0 Å². The highest BCUT2D eigenvalue weighted by molar-refractivity contribution is 5.78. The van der Waals surface area contributed by atoms with Gasteiger partial charge in [0, 0.05) is 39.3 Å². The summed E-state index contributed by atoms with van der Waals surface area (Å²) in [6.45, 7) is 6.25. The molecule has 1 aliphatic rings. The van der Waals surface area contributed by atoms with E-state index in [1.54, 1.807) is 7.11 Å². The van der Waals surface area contributed by atoms with Gasteiger partial charge in [-0.25, -0.2) is 0 Å². The first-order chi connectivity index (χ1) is 7.25. The molecular weight excluding hydrogens is 192 g/mol. The van der Waals surface area contributed by atoms with Gasteiger partial charge in [0.05, 0.1) is 0 Å². The second-order valence-corrected chi connectivity index (χ2v) is 4.13. The summed E-state index contributed by atoms with van der Waals surface area (Å²) in [7, 11) is 1.70. The lowest BCUT2D eigenvalue weighted by molar-refractivity contribution is -0.135. The smallest absolute Gasteiger partial charge is 0.226 e. The van der Waals surface area contributed by atoms with Crippen LogP contribution in [0.2, 0.25) is 0 Å². The van der Waals surface area contributed by atoms with Crippen molar-refractivity contribution in [3.63, 3.8) is 0 Å². The van der Waals surface area contributed by atoms with Crippen LogP contribution in [-0.4, -0.2) is 50.7 Å². The summed E-state index contributed by atoms with van der Waals surface area (Å²) in [5.74, 6) is 0.381. The second kappa shape index (κ2) is 6.80. The SMILES string of the molecule is COCCCN1CCCNCC(C)C1=O. The number of carbonyl (C=O) groups is 1. The van der Waals surface area contributed by atoms with E-state index in [9.17, 15) is 4.79 Å². The fourth-order valence-electron chi connectivity index (χ4n) is 1.84. The molecule has 0 saturated carbocycles. The number of methoxy groups -OCH3 is 1. The fourth-order valence-corrected chi connectivity index (χ4v) is 1.84. The van der Waals surface area contributed by atoms with E-state index in [-0.39, 0.29) is 11.8 Å². The van der Waals surface area contributed by atoms with E-state index in [1.807, 2.05) is 11.8 Å². The Labute approximate surface area is 92.0 Å². The van der Waals surface area contributed by atoms with Crippen LogP contribution in [0.3, 0.4) is 0 Å². The van der Waals surface area contributed by atoms with Gasteiger partial charge >= 0.3 is 0 Å². The highest BCUT2D eigenvalue weighted by Crippen LogP contribution is 2.06. The highest BCUT2D eigenvalue weighted by Gasteiger charge is 2.21. The standard InChI is InChI=1S/C11H22N2O2/c1-10-9-12-5-3-6-13(11(10)14)7-4-8-15-2/h10,12H,3-9H2,1-2H3. The summed E-state index contributed by atoms with van der Waals surface area (Å²) in [5, 5.41) is 3.28. The Kier molecular flexibility index (Phi) is 5.65. The molecule has 1 saturated heterocycles. The summed E-state index contributed by atoms with van der Waals surface area (Å²) in [4.78, 5) is 13.9. The predicted octanol–water partition coefficient (Wildman–Crippen LogP) is 0.481. The molecule has 0 aromatic heterocycles. The number of nitrogens with zero attached hydrogens (tertiary/aromatic N) is 1. The molecule has 1 N–H and O–H groups in total. The van der Waals surface area contributed by atoms with E-state index in [0.29, 0.717) is 0 Å². The van der Waals surface area contributed by atoms with Crippen molar-refractivity contribution in [3.8, 4) is 0 Å². The quantitative estimate of drug-likeness (QED) is 0.692. The van der Waals surface area contributed by atoms with Gasteiger partial charge in [0.15, 0.2) is 0 Å². The number of nitrogens with one attached hydrogen (secondary N) is 1. The van der Waals surface area contributed by atoms with E-state index < -0.39 is 0 Å². The molecule has 0 spiro atoms. The molecule has 1 amide bonds. The first-order valence-electron chi connectivity index (χ1n) is 5.74. The van der Waals surface area contributed by atoms with Crippen LogP contribution < -0.4 is 5.32 Å². The van der Waals surface area contributed by atoms with E-state index in [0.717, 1.165) is 45.6 Å². The number of rotatable bonds is 4. The van der Waals surface area contributed by atoms with Crippen LogP contribution in [0, 0.1) is 5.92 Å². The molecule has 1 rings (SSSR count). The largest absolute Gasteiger partial charge is 0.385 e. The molecule has 0 aliphatic carbocycles. The second-order valence-electron chi connectivity index (χ2n) is 4.13. The van der Waals surface area contributed by atoms with Gasteiger partial charge in [0.25, 0.3) is 0 Å². The molecular formula is C11H22N2O2. The number of ether oxygens (including phenoxy) is 1. The maximum Gasteiger partial charge on any atom is 0.226 e. The van der Waals surface area contributed by atoms with Crippen molar-refractivity contribution in [2.24, 2.45) is 5.92 Å². The molecule has 0 aromatic carbocycles. The van der Waals surface area contributed by atoms with Crippen molar-refractivity contribution in [2.75, 3.05) is 39.9 Å². The van der Waals surface area contributed by atoms with Crippen LogP contribution in [0.1, 0.15) is 19.8 Å². The molecule has 1 heterocycles. The third-order valence-corrected chi connectivity index (χ3v) is 2.74. The van der Waals surface area contributed by atoms with Crippen molar-refractivity contribution in [2.45, 2.75) is 19.8 Å². The molecule has 88 valence electrons. The molecule has 0 aromatic rings. The lowest BCUT2D eigenvalue weighted by Gasteiger charge is -2.28. The number of hydrogen-bond donors (Lipinski definition) is 1. The topological polar surface area (TPSA) is 41.6 Å². The third-order valence-electron chi connectivity index (χ3n) is 2.74. The minimum Gasteiger partial charge on any atom is -0.385 e. The van der Waals surface area contributed by atoms with Crippen molar-refractivity contribution in [3.05, 3.63) is 0 Å². The molecule has 1 atom stereocenters. The van der Waals surface area contributed by atoms with Crippen LogP contribution in [0.4, 0.5) is 0 Å². The molecule has 1 unspecified atom stereocenters. The van der Waals surface area contributed by atoms with Crippen molar-refractivity contribution < 1.29 is 9.53 Å². The van der Waals surface area contributed by atoms with E-state index >= 15 is 0 Å². The van der Waals surface area contributed by atoms with Crippen molar-refractivity contribution >= 4 is 5.91 Å². The summed E-state index contributed by atoms with van der Waals surface area (Å²) in [6.07, 6.45) is 1.98. The average molecular weight is 214 g/mol. The first kappa shape index (κ1) is 12.5. The van der Waals surface area contributed by atoms with Crippen molar-refractivity contribution in [1.82, 2.24) is 10.2 Å². The molecule has 4 nitrogen and oxygen atoms in total. The number of carbonyl (C=O) groups excluding carboxylic acids is 1. The lowest BCUT2D eigenvalue weighted by Crippen LogP contribution is -2.43. The molecule has 1 aliphatic heterocycles. The van der Waals surface area contributed by atoms with Gasteiger partial charge in [-0.2, -0.15) is 0 Å². The molecule has 0 radical (unpaired) electrons. The predicted molar refractivity (Wildman–Crippen MR) is 59.7 cm³/mol. The molecule has 1 fully saturated rings. The Morgan fingerprint density at radius 2 is 2.40 bits per heavy atom. The zero-order chi connectivity index (χ0) is 11.1. The minimum absolute atomic E-state index is 0.104. The Morgan fingerprint density at radius 1 is 1.60 bits per heavy atom. The van der Waals surface area contributed by atoms with E-state index in [4.69, 9.17) is 4.74 Å². The monoisotopic (exact) mass is 214 g/mol. The van der Waals surface area contributed by atoms with Gasteiger partial charge in [0.1, 0.15) is 0 Å². The van der Waals surface area contributed by atoms with Crippen molar-refractivity contribution in [1.29, 1.82) is 0 Å². The lowest BCUT2D eigenvalue weighted by atomic mass is 10.1. The van der Waals surface area contributed by atoms with Crippen LogP contribution >= 0.6 is 0 Å². The minimum atomic E-state index is 0.104. The van der Waals surface area contributed by atoms with Crippen LogP contribution in [0.15, 0.2) is 0 Å². The van der Waals surface area contributed by atoms with Crippen LogP contribution in [0.5, 0.6) is 0 Å². The summed E-state index contributed by atoms with van der Waals surface area (Å²) in [5.41, 5.74) is 0. The number of hydrogen-bond acceptors (Lipinski definition) is 3. The molecule has 15 heavy (non-hydrogen) atoms. The van der Waals surface area contributed by atoms with E-state index in [2.05, 4.69) is 5.32 Å². The van der Waals surface area contributed by atoms with Gasteiger partial charge in [-0.3, -0.25) is 4.79 Å². The zero-order valence-corrected chi connectivity index (χ0v) is 9.79. The normalized spacial score (nSPS) is 23.7. The Bertz CT molecular complexity index is 197. The summed E-state index contributed by atoms with van der Waals surface area (Å²) < 4.78 is 5.00. The Hall–Kier alpha value is -0.610. The Morgan fingerprint density at radius 3 is 3.13 bits per heavy atom. The number of amides is 1. The maximum absolute atomic E-state index is 11.9. The molecule has 4 heteroatoms. The first-order valence-corrected chi connectivity index (χ1v) is 5.74. The highest BCUT2D eigenvalue weighted by atomic mass is 16.5. The average Bonchev–Trinajstić information content (AvgIpc) is 2.23.